The molecule has 0 aromatic heterocycles. The molecule has 1 heterocycles. The Labute approximate surface area is 151 Å². The normalized spacial score (nSPS) is 16.5. The van der Waals surface area contributed by atoms with E-state index in [1.807, 2.05) is 0 Å². The van der Waals surface area contributed by atoms with E-state index in [0.29, 0.717) is 5.56 Å². The van der Waals surface area contributed by atoms with Gasteiger partial charge in [0.05, 0.1) is 4.90 Å². The van der Waals surface area contributed by atoms with E-state index in [1.165, 1.54) is 18.2 Å². The van der Waals surface area contributed by atoms with Gasteiger partial charge in [-0.05, 0) is 24.3 Å². The number of fused-ring (bicyclic) bond motifs is 1. The predicted octanol–water partition coefficient (Wildman–Crippen LogP) is 2.26. The van der Waals surface area contributed by atoms with E-state index in [4.69, 9.17) is 0 Å². The van der Waals surface area contributed by atoms with Crippen molar-refractivity contribution in [1.29, 1.82) is 0 Å². The summed E-state index contributed by atoms with van der Waals surface area (Å²) in [4.78, 5) is 16.0. The van der Waals surface area contributed by atoms with E-state index in [-0.39, 0.29) is 16.4 Å². The van der Waals surface area contributed by atoms with Gasteiger partial charge in [0.2, 0.25) is 5.91 Å². The van der Waals surface area contributed by atoms with Crippen LogP contribution in [0.15, 0.2) is 58.4 Å². The SMILES string of the molecule is O=C(CN=C1NS(=O)(=O)c2ccccc21)Nc1cccc(OC(F)(F)F)c1. The van der Waals surface area contributed by atoms with E-state index in [9.17, 15) is 26.4 Å². The van der Waals surface area contributed by atoms with E-state index in [1.54, 1.807) is 18.2 Å². The van der Waals surface area contributed by atoms with E-state index >= 15 is 0 Å². The lowest BCUT2D eigenvalue weighted by molar-refractivity contribution is -0.274. The first-order chi connectivity index (χ1) is 12.6. The molecule has 0 unspecified atom stereocenters. The van der Waals surface area contributed by atoms with Gasteiger partial charge < -0.3 is 10.1 Å². The van der Waals surface area contributed by atoms with Crippen LogP contribution in [0.1, 0.15) is 5.56 Å². The fourth-order valence-corrected chi connectivity index (χ4v) is 3.62. The summed E-state index contributed by atoms with van der Waals surface area (Å²) in [6.45, 7) is -0.434. The molecule has 0 bridgehead atoms. The topological polar surface area (TPSA) is 96.9 Å². The molecule has 0 atom stereocenters. The number of aliphatic imine (C=N–C) groups is 1. The zero-order chi connectivity index (χ0) is 19.7. The molecule has 0 aliphatic carbocycles. The Morgan fingerprint density at radius 1 is 1.15 bits per heavy atom. The van der Waals surface area contributed by atoms with Crippen LogP contribution in [0, 0.1) is 0 Å². The fraction of sp³-hybridized carbons (Fsp3) is 0.125. The molecule has 0 fully saturated rings. The first-order valence-corrected chi connectivity index (χ1v) is 8.95. The molecule has 2 N–H and O–H groups in total. The summed E-state index contributed by atoms with van der Waals surface area (Å²) in [6.07, 6.45) is -4.85. The number of rotatable bonds is 4. The van der Waals surface area contributed by atoms with Crippen LogP contribution in [0.25, 0.3) is 0 Å². The lowest BCUT2D eigenvalue weighted by Gasteiger charge is -2.10. The van der Waals surface area contributed by atoms with Crippen LogP contribution in [0.2, 0.25) is 0 Å². The van der Waals surface area contributed by atoms with E-state index < -0.39 is 34.6 Å². The maximum Gasteiger partial charge on any atom is 0.573 e. The Balaban J connectivity index is 1.69. The minimum atomic E-state index is -4.85. The fourth-order valence-electron chi connectivity index (χ4n) is 2.37. The second kappa shape index (κ2) is 6.91. The highest BCUT2D eigenvalue weighted by molar-refractivity contribution is 7.90. The molecule has 1 aliphatic heterocycles. The van der Waals surface area contributed by atoms with Gasteiger partial charge in [0.15, 0.2) is 0 Å². The van der Waals surface area contributed by atoms with Crippen LogP contribution in [-0.4, -0.2) is 33.1 Å². The molecule has 27 heavy (non-hydrogen) atoms. The molecule has 2 aromatic carbocycles. The third-order valence-corrected chi connectivity index (χ3v) is 4.79. The number of carbonyl (C=O) groups excluding carboxylic acids is 1. The van der Waals surface area contributed by atoms with Gasteiger partial charge >= 0.3 is 6.36 Å². The number of ether oxygens (including phenoxy) is 1. The van der Waals surface area contributed by atoms with Gasteiger partial charge in [-0.25, -0.2) is 8.42 Å². The number of carbonyl (C=O) groups is 1. The molecule has 1 aliphatic rings. The number of amides is 1. The smallest absolute Gasteiger partial charge is 0.406 e. The quantitative estimate of drug-likeness (QED) is 0.824. The molecule has 11 heteroatoms. The van der Waals surface area contributed by atoms with Crippen LogP contribution in [-0.2, 0) is 14.8 Å². The van der Waals surface area contributed by atoms with E-state index in [2.05, 4.69) is 19.8 Å². The molecular formula is C16H12F3N3O4S. The number of hydrogen-bond donors (Lipinski definition) is 2. The standard InChI is InChI=1S/C16H12F3N3O4S/c17-16(18,19)26-11-5-3-4-10(8-11)21-14(23)9-20-15-12-6-1-2-7-13(12)27(24,25)22-15/h1-8H,9H2,(H,20,22)(H,21,23). The minimum Gasteiger partial charge on any atom is -0.406 e. The van der Waals surface area contributed by atoms with E-state index in [0.717, 1.165) is 12.1 Å². The zero-order valence-electron chi connectivity index (χ0n) is 13.4. The molecular weight excluding hydrogens is 387 g/mol. The van der Waals surface area contributed by atoms with Gasteiger partial charge in [0.1, 0.15) is 18.1 Å². The summed E-state index contributed by atoms with van der Waals surface area (Å²) in [7, 11) is -3.72. The van der Waals surface area contributed by atoms with Crippen molar-refractivity contribution in [2.75, 3.05) is 11.9 Å². The average Bonchev–Trinajstić information content (AvgIpc) is 2.83. The van der Waals surface area contributed by atoms with Gasteiger partial charge in [0, 0.05) is 17.3 Å². The number of halogens is 3. The summed E-state index contributed by atoms with van der Waals surface area (Å²) in [6, 6.07) is 10.9. The lowest BCUT2D eigenvalue weighted by atomic mass is 10.2. The Bertz CT molecular complexity index is 1020. The van der Waals surface area contributed by atoms with Crippen molar-refractivity contribution in [3.05, 3.63) is 54.1 Å². The van der Waals surface area contributed by atoms with Crippen molar-refractivity contribution in [3.63, 3.8) is 0 Å². The number of amidine groups is 1. The molecule has 7 nitrogen and oxygen atoms in total. The predicted molar refractivity (Wildman–Crippen MR) is 89.9 cm³/mol. The van der Waals surface area contributed by atoms with Crippen molar-refractivity contribution >= 4 is 27.5 Å². The highest BCUT2D eigenvalue weighted by Gasteiger charge is 2.31. The number of benzene rings is 2. The number of nitrogens with zero attached hydrogens (tertiary/aromatic N) is 1. The monoisotopic (exact) mass is 399 g/mol. The second-order valence-electron chi connectivity index (χ2n) is 5.39. The van der Waals surface area contributed by atoms with Gasteiger partial charge in [-0.2, -0.15) is 0 Å². The summed E-state index contributed by atoms with van der Waals surface area (Å²) < 4.78 is 66.6. The van der Waals surface area contributed by atoms with Gasteiger partial charge in [0.25, 0.3) is 10.0 Å². The largest absolute Gasteiger partial charge is 0.573 e. The van der Waals surface area contributed by atoms with Crippen molar-refractivity contribution in [2.24, 2.45) is 4.99 Å². The molecule has 142 valence electrons. The third-order valence-electron chi connectivity index (χ3n) is 3.39. The summed E-state index contributed by atoms with van der Waals surface area (Å²) >= 11 is 0. The van der Waals surface area contributed by atoms with Gasteiger partial charge in [-0.15, -0.1) is 13.2 Å². The average molecular weight is 399 g/mol. The van der Waals surface area contributed by atoms with Crippen molar-refractivity contribution < 1.29 is 31.1 Å². The van der Waals surface area contributed by atoms with Crippen molar-refractivity contribution in [3.8, 4) is 5.75 Å². The number of nitrogens with one attached hydrogen (secondary N) is 2. The molecule has 0 saturated heterocycles. The van der Waals surface area contributed by atoms with Crippen molar-refractivity contribution in [1.82, 2.24) is 4.72 Å². The summed E-state index contributed by atoms with van der Waals surface area (Å²) in [5.74, 6) is -1.10. The molecule has 2 aromatic rings. The number of anilines is 1. The van der Waals surface area contributed by atoms with Gasteiger partial charge in [-0.1, -0.05) is 18.2 Å². The Kier molecular flexibility index (Phi) is 4.79. The lowest BCUT2D eigenvalue weighted by Crippen LogP contribution is -2.24. The Morgan fingerprint density at radius 2 is 1.89 bits per heavy atom. The Morgan fingerprint density at radius 3 is 2.63 bits per heavy atom. The van der Waals surface area contributed by atoms with Crippen LogP contribution >= 0.6 is 0 Å². The number of sulfonamides is 1. The maximum atomic E-state index is 12.2. The molecule has 0 spiro atoms. The first-order valence-electron chi connectivity index (χ1n) is 7.46. The number of hydrogen-bond acceptors (Lipinski definition) is 5. The highest BCUT2D eigenvalue weighted by atomic mass is 32.2. The van der Waals surface area contributed by atoms with Crippen molar-refractivity contribution in [2.45, 2.75) is 11.3 Å². The maximum absolute atomic E-state index is 12.2. The second-order valence-corrected chi connectivity index (χ2v) is 7.04. The minimum absolute atomic E-state index is 0.0231. The van der Waals surface area contributed by atoms with Gasteiger partial charge in [-0.3, -0.25) is 14.5 Å². The molecule has 1 amide bonds. The first kappa shape index (κ1) is 18.7. The summed E-state index contributed by atoms with van der Waals surface area (Å²) in [5, 5.41) is 2.37. The summed E-state index contributed by atoms with van der Waals surface area (Å²) in [5.41, 5.74) is 0.417. The van der Waals surface area contributed by atoms with Crippen LogP contribution in [0.4, 0.5) is 18.9 Å². The Hall–Kier alpha value is -3.08. The van der Waals surface area contributed by atoms with Crippen LogP contribution in [0.3, 0.4) is 0 Å². The number of alkyl halides is 3. The van der Waals surface area contributed by atoms with Crippen LogP contribution < -0.4 is 14.8 Å². The zero-order valence-corrected chi connectivity index (χ0v) is 14.3. The third kappa shape index (κ3) is 4.56. The van der Waals surface area contributed by atoms with Crippen LogP contribution in [0.5, 0.6) is 5.75 Å². The molecule has 0 saturated carbocycles. The molecule has 3 rings (SSSR count). The highest BCUT2D eigenvalue weighted by Crippen LogP contribution is 2.25. The molecule has 0 radical (unpaired) electrons.